The van der Waals surface area contributed by atoms with E-state index in [0.717, 1.165) is 25.7 Å². The van der Waals surface area contributed by atoms with Crippen LogP contribution in [0.3, 0.4) is 0 Å². The molecule has 0 saturated heterocycles. The van der Waals surface area contributed by atoms with Gasteiger partial charge in [-0.2, -0.15) is 0 Å². The van der Waals surface area contributed by atoms with Crippen molar-refractivity contribution in [2.45, 2.75) is 32.1 Å². The highest BCUT2D eigenvalue weighted by molar-refractivity contribution is 5.96. The van der Waals surface area contributed by atoms with Gasteiger partial charge in [0.05, 0.1) is 19.3 Å². The van der Waals surface area contributed by atoms with Crippen molar-refractivity contribution in [2.75, 3.05) is 20.3 Å². The molecular weight excluding hydrogens is 254 g/mol. The Morgan fingerprint density at radius 1 is 1.30 bits per heavy atom. The number of aliphatic hydroxyl groups is 1. The van der Waals surface area contributed by atoms with Gasteiger partial charge in [-0.25, -0.2) is 0 Å². The highest BCUT2D eigenvalue weighted by Crippen LogP contribution is 2.35. The minimum atomic E-state index is -0.143. The van der Waals surface area contributed by atoms with Crippen LogP contribution in [-0.4, -0.2) is 31.3 Å². The summed E-state index contributed by atoms with van der Waals surface area (Å²) in [5, 5.41) is 12.6. The molecule has 0 atom stereocenters. The molecule has 0 unspecified atom stereocenters. The predicted octanol–water partition coefficient (Wildman–Crippen LogP) is 2.37. The second-order valence-electron chi connectivity index (χ2n) is 5.60. The summed E-state index contributed by atoms with van der Waals surface area (Å²) >= 11 is 0. The number of methoxy groups -OCH3 is 1. The van der Waals surface area contributed by atoms with Crippen LogP contribution in [0.1, 0.15) is 42.5 Å². The largest absolute Gasteiger partial charge is 0.496 e. The number of ether oxygens (including phenoxy) is 1. The summed E-state index contributed by atoms with van der Waals surface area (Å²) < 4.78 is 5.20. The van der Waals surface area contributed by atoms with Crippen LogP contribution in [0.4, 0.5) is 0 Å². The molecule has 1 aliphatic carbocycles. The van der Waals surface area contributed by atoms with Crippen LogP contribution in [0.15, 0.2) is 24.3 Å². The monoisotopic (exact) mass is 277 g/mol. The summed E-state index contributed by atoms with van der Waals surface area (Å²) in [6, 6.07) is 7.18. The third-order valence-corrected chi connectivity index (χ3v) is 4.23. The van der Waals surface area contributed by atoms with Crippen molar-refractivity contribution in [2.24, 2.45) is 5.41 Å². The van der Waals surface area contributed by atoms with Crippen LogP contribution < -0.4 is 10.1 Å². The van der Waals surface area contributed by atoms with E-state index >= 15 is 0 Å². The number of nitrogens with one attached hydrogen (secondary N) is 1. The molecule has 1 amide bonds. The molecule has 1 fully saturated rings. The fraction of sp³-hybridized carbons (Fsp3) is 0.562. The summed E-state index contributed by atoms with van der Waals surface area (Å²) in [6.07, 6.45) is 5.45. The van der Waals surface area contributed by atoms with E-state index in [1.165, 1.54) is 6.42 Å². The lowest BCUT2D eigenvalue weighted by atomic mass is 9.74. The first-order valence-corrected chi connectivity index (χ1v) is 7.23. The molecule has 1 aromatic rings. The third-order valence-electron chi connectivity index (χ3n) is 4.23. The van der Waals surface area contributed by atoms with Crippen molar-refractivity contribution in [3.63, 3.8) is 0 Å². The highest BCUT2D eigenvalue weighted by Gasteiger charge is 2.31. The maximum atomic E-state index is 12.3. The first-order chi connectivity index (χ1) is 9.71. The van der Waals surface area contributed by atoms with Crippen molar-refractivity contribution in [1.29, 1.82) is 0 Å². The molecule has 1 aliphatic rings. The topological polar surface area (TPSA) is 58.6 Å². The molecule has 0 heterocycles. The van der Waals surface area contributed by atoms with Gasteiger partial charge in [-0.15, -0.1) is 0 Å². The van der Waals surface area contributed by atoms with E-state index in [1.54, 1.807) is 19.2 Å². The average molecular weight is 277 g/mol. The van der Waals surface area contributed by atoms with Gasteiger partial charge >= 0.3 is 0 Å². The Balaban J connectivity index is 2.00. The van der Waals surface area contributed by atoms with Crippen LogP contribution in [0, 0.1) is 5.41 Å². The van der Waals surface area contributed by atoms with E-state index in [0.29, 0.717) is 17.9 Å². The summed E-state index contributed by atoms with van der Waals surface area (Å²) in [6.45, 7) is 0.666. The Kier molecular flexibility index (Phi) is 5.01. The highest BCUT2D eigenvalue weighted by atomic mass is 16.5. The number of para-hydroxylation sites is 1. The van der Waals surface area contributed by atoms with Gasteiger partial charge in [0.25, 0.3) is 5.91 Å². The first kappa shape index (κ1) is 14.9. The quantitative estimate of drug-likeness (QED) is 0.868. The van der Waals surface area contributed by atoms with Gasteiger partial charge in [0.1, 0.15) is 5.75 Å². The van der Waals surface area contributed by atoms with Crippen LogP contribution in [0.25, 0.3) is 0 Å². The van der Waals surface area contributed by atoms with Crippen molar-refractivity contribution in [3.8, 4) is 5.75 Å². The van der Waals surface area contributed by atoms with Gasteiger partial charge in [-0.05, 0) is 25.0 Å². The van der Waals surface area contributed by atoms with Gasteiger partial charge in [0, 0.05) is 12.0 Å². The van der Waals surface area contributed by atoms with Gasteiger partial charge < -0.3 is 15.2 Å². The van der Waals surface area contributed by atoms with E-state index in [4.69, 9.17) is 4.74 Å². The molecule has 0 bridgehead atoms. The van der Waals surface area contributed by atoms with Gasteiger partial charge in [-0.3, -0.25) is 4.79 Å². The molecule has 0 spiro atoms. The van der Waals surface area contributed by atoms with Crippen LogP contribution >= 0.6 is 0 Å². The number of hydrogen-bond donors (Lipinski definition) is 2. The summed E-state index contributed by atoms with van der Waals surface area (Å²) in [5.41, 5.74) is 0.398. The minimum absolute atomic E-state index is 0.138. The zero-order valence-corrected chi connectivity index (χ0v) is 12.0. The first-order valence-electron chi connectivity index (χ1n) is 7.23. The molecule has 1 saturated carbocycles. The van der Waals surface area contributed by atoms with E-state index in [9.17, 15) is 9.90 Å². The molecule has 4 heteroatoms. The molecule has 2 N–H and O–H groups in total. The average Bonchev–Trinajstić information content (AvgIpc) is 2.53. The molecule has 1 aromatic carbocycles. The van der Waals surface area contributed by atoms with Gasteiger partial charge in [0.15, 0.2) is 0 Å². The van der Waals surface area contributed by atoms with Crippen molar-refractivity contribution in [1.82, 2.24) is 5.32 Å². The lowest BCUT2D eigenvalue weighted by Crippen LogP contribution is -2.41. The number of carbonyl (C=O) groups is 1. The van der Waals surface area contributed by atoms with E-state index in [2.05, 4.69) is 5.32 Å². The molecular formula is C16H23NO3. The van der Waals surface area contributed by atoms with E-state index in [-0.39, 0.29) is 17.9 Å². The maximum Gasteiger partial charge on any atom is 0.255 e. The fourth-order valence-corrected chi connectivity index (χ4v) is 2.89. The van der Waals surface area contributed by atoms with Crippen molar-refractivity contribution < 1.29 is 14.6 Å². The van der Waals surface area contributed by atoms with Gasteiger partial charge in [0.2, 0.25) is 0 Å². The van der Waals surface area contributed by atoms with Crippen molar-refractivity contribution >= 4 is 5.91 Å². The number of hydrogen-bond acceptors (Lipinski definition) is 3. The number of benzene rings is 1. The molecule has 110 valence electrons. The normalized spacial score (nSPS) is 17.5. The van der Waals surface area contributed by atoms with Crippen LogP contribution in [-0.2, 0) is 0 Å². The minimum Gasteiger partial charge on any atom is -0.496 e. The van der Waals surface area contributed by atoms with Crippen molar-refractivity contribution in [3.05, 3.63) is 29.8 Å². The maximum absolute atomic E-state index is 12.3. The Morgan fingerprint density at radius 3 is 2.65 bits per heavy atom. The summed E-state index contributed by atoms with van der Waals surface area (Å²) in [7, 11) is 1.56. The van der Waals surface area contributed by atoms with Crippen LogP contribution in [0.2, 0.25) is 0 Å². The Labute approximate surface area is 120 Å². The number of carbonyl (C=O) groups excluding carboxylic acids is 1. The zero-order chi connectivity index (χ0) is 14.4. The SMILES string of the molecule is COc1ccccc1C(=O)NCC1(CO)CCCCC1. The molecule has 20 heavy (non-hydrogen) atoms. The Bertz CT molecular complexity index is 453. The lowest BCUT2D eigenvalue weighted by molar-refractivity contribution is 0.0716. The summed E-state index contributed by atoms with van der Waals surface area (Å²) in [5.74, 6) is 0.438. The Morgan fingerprint density at radius 2 is 2.00 bits per heavy atom. The summed E-state index contributed by atoms with van der Waals surface area (Å²) in [4.78, 5) is 12.3. The molecule has 4 nitrogen and oxygen atoms in total. The van der Waals surface area contributed by atoms with E-state index < -0.39 is 0 Å². The second kappa shape index (κ2) is 6.75. The zero-order valence-electron chi connectivity index (χ0n) is 12.0. The number of rotatable bonds is 5. The number of amides is 1. The standard InChI is InChI=1S/C16H23NO3/c1-20-14-8-4-3-7-13(14)15(19)17-11-16(12-18)9-5-2-6-10-16/h3-4,7-8,18H,2,5-6,9-12H2,1H3,(H,17,19). The van der Waals surface area contributed by atoms with Gasteiger partial charge in [-0.1, -0.05) is 31.4 Å². The third kappa shape index (κ3) is 3.31. The molecule has 0 aliphatic heterocycles. The number of aliphatic hydroxyl groups excluding tert-OH is 1. The predicted molar refractivity (Wildman–Crippen MR) is 77.9 cm³/mol. The fourth-order valence-electron chi connectivity index (χ4n) is 2.89. The second-order valence-corrected chi connectivity index (χ2v) is 5.60. The van der Waals surface area contributed by atoms with Crippen LogP contribution in [0.5, 0.6) is 5.75 Å². The molecule has 2 rings (SSSR count). The molecule has 0 radical (unpaired) electrons. The lowest BCUT2D eigenvalue weighted by Gasteiger charge is -2.35. The Hall–Kier alpha value is -1.55. The smallest absolute Gasteiger partial charge is 0.255 e. The van der Waals surface area contributed by atoms with E-state index in [1.807, 2.05) is 12.1 Å². The molecule has 0 aromatic heterocycles.